The van der Waals surface area contributed by atoms with E-state index in [-0.39, 0.29) is 17.3 Å². The Balaban J connectivity index is 2.14. The van der Waals surface area contributed by atoms with Crippen molar-refractivity contribution in [1.29, 1.82) is 0 Å². The second-order valence-corrected chi connectivity index (χ2v) is 6.98. The van der Waals surface area contributed by atoms with E-state index >= 15 is 0 Å². The lowest BCUT2D eigenvalue weighted by atomic mass is 9.97. The Morgan fingerprint density at radius 1 is 1.29 bits per heavy atom. The van der Waals surface area contributed by atoms with Gasteiger partial charge in [0.25, 0.3) is 0 Å². The molecule has 1 aromatic rings. The largest absolute Gasteiger partial charge is 0.487 e. The zero-order chi connectivity index (χ0) is 12.7. The Morgan fingerprint density at radius 2 is 2.00 bits per heavy atom. The maximum Gasteiger partial charge on any atom is 0.130 e. The smallest absolute Gasteiger partial charge is 0.130 e. The molecule has 17 heavy (non-hydrogen) atoms. The minimum atomic E-state index is -0.231. The van der Waals surface area contributed by atoms with Gasteiger partial charge in [-0.2, -0.15) is 0 Å². The molecule has 1 fully saturated rings. The van der Waals surface area contributed by atoms with Crippen molar-refractivity contribution in [2.75, 3.05) is 0 Å². The third-order valence-electron chi connectivity index (χ3n) is 3.07. The first kappa shape index (κ1) is 13.1. The van der Waals surface area contributed by atoms with Crippen molar-refractivity contribution in [2.24, 2.45) is 0 Å². The first-order valence-electron chi connectivity index (χ1n) is 5.91. The van der Waals surface area contributed by atoms with Gasteiger partial charge in [-0.1, -0.05) is 6.07 Å². The zero-order valence-electron chi connectivity index (χ0n) is 10.8. The molecule has 0 amide bonds. The van der Waals surface area contributed by atoms with Crippen LogP contribution in [-0.2, 0) is 4.74 Å². The van der Waals surface area contributed by atoms with E-state index in [4.69, 9.17) is 9.47 Å². The molecule has 0 radical (unpaired) electrons. The predicted octanol–water partition coefficient (Wildman–Crippen LogP) is 4.02. The molecule has 0 aliphatic carbocycles. The molecule has 2 nitrogen and oxygen atoms in total. The highest BCUT2D eigenvalue weighted by Gasteiger charge is 2.47. The molecule has 94 valence electrons. The highest BCUT2D eigenvalue weighted by molar-refractivity contribution is 14.1. The minimum Gasteiger partial charge on any atom is -0.487 e. The van der Waals surface area contributed by atoms with Gasteiger partial charge in [0.05, 0.1) is 5.60 Å². The van der Waals surface area contributed by atoms with Crippen molar-refractivity contribution in [3.63, 3.8) is 0 Å². The Morgan fingerprint density at radius 3 is 2.53 bits per heavy atom. The van der Waals surface area contributed by atoms with Crippen LogP contribution in [0.2, 0.25) is 0 Å². The van der Waals surface area contributed by atoms with Gasteiger partial charge in [0.1, 0.15) is 17.5 Å². The summed E-state index contributed by atoms with van der Waals surface area (Å²) in [5.74, 6) is 0.927. The molecular weight excluding hydrogens is 327 g/mol. The van der Waals surface area contributed by atoms with E-state index in [0.717, 1.165) is 12.2 Å². The average Bonchev–Trinajstić information content (AvgIpc) is 2.34. The Labute approximate surface area is 117 Å². The van der Waals surface area contributed by atoms with Crippen LogP contribution in [0.4, 0.5) is 0 Å². The SMILES string of the molecule is CC1(C)CC(Oc2cccc(I)c2)C(C)(C)O1. The van der Waals surface area contributed by atoms with Crippen LogP contribution < -0.4 is 4.74 Å². The second kappa shape index (κ2) is 4.43. The Bertz CT molecular complexity index is 412. The summed E-state index contributed by atoms with van der Waals surface area (Å²) >= 11 is 2.30. The van der Waals surface area contributed by atoms with Gasteiger partial charge in [-0.25, -0.2) is 0 Å². The minimum absolute atomic E-state index is 0.101. The first-order chi connectivity index (χ1) is 7.78. The number of rotatable bonds is 2. The first-order valence-corrected chi connectivity index (χ1v) is 6.99. The summed E-state index contributed by atoms with van der Waals surface area (Å²) in [6.07, 6.45) is 1.03. The lowest BCUT2D eigenvalue weighted by Crippen LogP contribution is -2.36. The molecule has 0 saturated carbocycles. The topological polar surface area (TPSA) is 18.5 Å². The summed E-state index contributed by atoms with van der Waals surface area (Å²) in [4.78, 5) is 0. The van der Waals surface area contributed by atoms with Crippen LogP contribution in [0.25, 0.3) is 0 Å². The molecule has 1 saturated heterocycles. The molecule has 3 heteroatoms. The summed E-state index contributed by atoms with van der Waals surface area (Å²) in [5.41, 5.74) is -0.332. The Hall–Kier alpha value is -0.290. The van der Waals surface area contributed by atoms with Crippen LogP contribution in [0.15, 0.2) is 24.3 Å². The molecule has 2 rings (SSSR count). The fourth-order valence-corrected chi connectivity index (χ4v) is 2.91. The van der Waals surface area contributed by atoms with Crippen LogP contribution in [-0.4, -0.2) is 17.3 Å². The molecule has 1 aliphatic heterocycles. The van der Waals surface area contributed by atoms with Crippen LogP contribution >= 0.6 is 22.6 Å². The van der Waals surface area contributed by atoms with Gasteiger partial charge < -0.3 is 9.47 Å². The van der Waals surface area contributed by atoms with Crippen LogP contribution in [0.1, 0.15) is 34.1 Å². The quantitative estimate of drug-likeness (QED) is 0.754. The van der Waals surface area contributed by atoms with Gasteiger partial charge in [0.15, 0.2) is 0 Å². The third-order valence-corrected chi connectivity index (χ3v) is 3.74. The highest BCUT2D eigenvalue weighted by Crippen LogP contribution is 2.39. The maximum absolute atomic E-state index is 6.08. The molecule has 0 bridgehead atoms. The molecule has 1 aliphatic rings. The lowest BCUT2D eigenvalue weighted by Gasteiger charge is -2.27. The van der Waals surface area contributed by atoms with Crippen molar-refractivity contribution in [1.82, 2.24) is 0 Å². The normalized spacial score (nSPS) is 25.8. The third kappa shape index (κ3) is 3.13. The van der Waals surface area contributed by atoms with Crippen LogP contribution in [0.3, 0.4) is 0 Å². The molecule has 1 heterocycles. The van der Waals surface area contributed by atoms with Crippen molar-refractivity contribution >= 4 is 22.6 Å². The van der Waals surface area contributed by atoms with E-state index in [1.165, 1.54) is 3.57 Å². The van der Waals surface area contributed by atoms with Gasteiger partial charge >= 0.3 is 0 Å². The number of hydrogen-bond acceptors (Lipinski definition) is 2. The summed E-state index contributed by atoms with van der Waals surface area (Å²) in [7, 11) is 0. The monoisotopic (exact) mass is 346 g/mol. The molecule has 0 spiro atoms. The fraction of sp³-hybridized carbons (Fsp3) is 0.571. The standard InChI is InChI=1S/C14H19IO2/c1-13(2)9-12(14(3,4)17-13)16-11-7-5-6-10(15)8-11/h5-8,12H,9H2,1-4H3. The summed E-state index contributed by atoms with van der Waals surface area (Å²) in [6.45, 7) is 8.43. The molecule has 1 atom stereocenters. The summed E-state index contributed by atoms with van der Waals surface area (Å²) in [5, 5.41) is 0. The zero-order valence-corrected chi connectivity index (χ0v) is 12.9. The van der Waals surface area contributed by atoms with E-state index in [1.54, 1.807) is 0 Å². The number of hydrogen-bond donors (Lipinski definition) is 0. The van der Waals surface area contributed by atoms with E-state index in [2.05, 4.69) is 62.4 Å². The van der Waals surface area contributed by atoms with Gasteiger partial charge in [0, 0.05) is 9.99 Å². The molecular formula is C14H19IO2. The van der Waals surface area contributed by atoms with Gasteiger partial charge in [-0.05, 0) is 68.5 Å². The number of halogens is 1. The number of benzene rings is 1. The van der Waals surface area contributed by atoms with E-state index in [9.17, 15) is 0 Å². The van der Waals surface area contributed by atoms with Crippen LogP contribution in [0, 0.1) is 3.57 Å². The van der Waals surface area contributed by atoms with E-state index in [1.807, 2.05) is 12.1 Å². The van der Waals surface area contributed by atoms with Crippen molar-refractivity contribution in [3.05, 3.63) is 27.8 Å². The Kier molecular flexibility index (Phi) is 3.42. The van der Waals surface area contributed by atoms with E-state index in [0.29, 0.717) is 0 Å². The van der Waals surface area contributed by atoms with Crippen molar-refractivity contribution in [2.45, 2.75) is 51.4 Å². The average molecular weight is 346 g/mol. The molecule has 1 aromatic carbocycles. The molecule has 0 aromatic heterocycles. The predicted molar refractivity (Wildman–Crippen MR) is 77.4 cm³/mol. The summed E-state index contributed by atoms with van der Waals surface area (Å²) in [6, 6.07) is 8.14. The maximum atomic E-state index is 6.08. The molecule has 1 unspecified atom stereocenters. The van der Waals surface area contributed by atoms with Gasteiger partial charge in [-0.3, -0.25) is 0 Å². The fourth-order valence-electron chi connectivity index (χ4n) is 2.40. The van der Waals surface area contributed by atoms with Crippen LogP contribution in [0.5, 0.6) is 5.75 Å². The molecule has 0 N–H and O–H groups in total. The number of ether oxygens (including phenoxy) is 2. The van der Waals surface area contributed by atoms with Gasteiger partial charge in [-0.15, -0.1) is 0 Å². The van der Waals surface area contributed by atoms with E-state index < -0.39 is 0 Å². The van der Waals surface area contributed by atoms with Crippen molar-refractivity contribution in [3.8, 4) is 5.75 Å². The second-order valence-electron chi connectivity index (χ2n) is 5.73. The van der Waals surface area contributed by atoms with Gasteiger partial charge in [0.2, 0.25) is 0 Å². The summed E-state index contributed by atoms with van der Waals surface area (Å²) < 4.78 is 13.3. The lowest BCUT2D eigenvalue weighted by molar-refractivity contribution is -0.0846. The van der Waals surface area contributed by atoms with Crippen molar-refractivity contribution < 1.29 is 9.47 Å². The highest BCUT2D eigenvalue weighted by atomic mass is 127.